The molecule has 0 spiro atoms. The van der Waals surface area contributed by atoms with Crippen LogP contribution in [0.5, 0.6) is 11.5 Å². The van der Waals surface area contributed by atoms with E-state index in [0.717, 1.165) is 14.7 Å². The molecule has 37 heavy (non-hydrogen) atoms. The number of rotatable bonds is 14. The van der Waals surface area contributed by atoms with Crippen molar-refractivity contribution < 1.29 is 34.1 Å². The van der Waals surface area contributed by atoms with Gasteiger partial charge in [-0.2, -0.15) is 0 Å². The minimum Gasteiger partial charge on any atom is -0.493 e. The molecule has 0 fully saturated rings. The van der Waals surface area contributed by atoms with Crippen LogP contribution >= 0.6 is 22.6 Å². The molecule has 3 aromatic carbocycles. The second kappa shape index (κ2) is 14.2. The molecule has 194 valence electrons. The van der Waals surface area contributed by atoms with Gasteiger partial charge >= 0.3 is 11.9 Å². The average Bonchev–Trinajstić information content (AvgIpc) is 2.87. The van der Waals surface area contributed by atoms with Crippen molar-refractivity contribution in [1.82, 2.24) is 5.32 Å². The number of aliphatic carboxylic acids is 2. The second-order valence-corrected chi connectivity index (χ2v) is 9.51. The van der Waals surface area contributed by atoms with Crippen LogP contribution in [0.1, 0.15) is 46.3 Å². The van der Waals surface area contributed by atoms with E-state index in [4.69, 9.17) is 14.6 Å². The fraction of sp³-hybridized carbons (Fsp3) is 0.250. The van der Waals surface area contributed by atoms with Crippen LogP contribution in [0.4, 0.5) is 0 Å². The number of ether oxygens (including phenoxy) is 2. The number of hydrogen-bond acceptors (Lipinski definition) is 5. The zero-order valence-corrected chi connectivity index (χ0v) is 22.3. The molecule has 3 N–H and O–H groups in total. The number of amides is 1. The van der Waals surface area contributed by atoms with Gasteiger partial charge in [-0.25, -0.2) is 0 Å². The van der Waals surface area contributed by atoms with Crippen molar-refractivity contribution in [2.75, 3.05) is 6.61 Å². The molecule has 8 nitrogen and oxygen atoms in total. The normalized spacial score (nSPS) is 10.5. The molecule has 0 unspecified atom stereocenters. The van der Waals surface area contributed by atoms with Crippen LogP contribution in [0.2, 0.25) is 0 Å². The van der Waals surface area contributed by atoms with Crippen molar-refractivity contribution >= 4 is 40.4 Å². The number of benzene rings is 3. The molecule has 0 aliphatic rings. The van der Waals surface area contributed by atoms with Crippen LogP contribution < -0.4 is 14.8 Å². The maximum atomic E-state index is 12.7. The lowest BCUT2D eigenvalue weighted by Crippen LogP contribution is -2.22. The molecule has 1 amide bonds. The summed E-state index contributed by atoms with van der Waals surface area (Å²) in [7, 11) is 0. The average molecular weight is 617 g/mol. The van der Waals surface area contributed by atoms with Crippen molar-refractivity contribution in [2.24, 2.45) is 0 Å². The Morgan fingerprint density at radius 1 is 0.865 bits per heavy atom. The summed E-state index contributed by atoms with van der Waals surface area (Å²) in [5, 5.41) is 20.9. The van der Waals surface area contributed by atoms with Crippen molar-refractivity contribution in [1.29, 1.82) is 0 Å². The first kappa shape index (κ1) is 28.0. The first-order valence-electron chi connectivity index (χ1n) is 11.7. The quantitative estimate of drug-likeness (QED) is 0.171. The highest BCUT2D eigenvalue weighted by atomic mass is 127. The van der Waals surface area contributed by atoms with Gasteiger partial charge < -0.3 is 25.0 Å². The van der Waals surface area contributed by atoms with E-state index in [9.17, 15) is 19.5 Å². The highest BCUT2D eigenvalue weighted by molar-refractivity contribution is 14.1. The van der Waals surface area contributed by atoms with Crippen LogP contribution in [0.25, 0.3) is 0 Å². The van der Waals surface area contributed by atoms with Gasteiger partial charge in [-0.3, -0.25) is 14.4 Å². The van der Waals surface area contributed by atoms with Crippen LogP contribution in [0.15, 0.2) is 66.7 Å². The van der Waals surface area contributed by atoms with Gasteiger partial charge in [0.2, 0.25) is 0 Å². The van der Waals surface area contributed by atoms with E-state index < -0.39 is 11.9 Å². The summed E-state index contributed by atoms with van der Waals surface area (Å²) in [6.45, 7) is 0.759. The largest absolute Gasteiger partial charge is 0.493 e. The van der Waals surface area contributed by atoms with E-state index in [2.05, 4.69) is 27.9 Å². The summed E-state index contributed by atoms with van der Waals surface area (Å²) >= 11 is 2.13. The van der Waals surface area contributed by atoms with Crippen LogP contribution in [0.3, 0.4) is 0 Å². The van der Waals surface area contributed by atoms with E-state index in [0.29, 0.717) is 35.6 Å². The number of halogens is 1. The van der Waals surface area contributed by atoms with Gasteiger partial charge in [0.1, 0.15) is 18.1 Å². The molecular formula is C28H28INO7. The smallest absolute Gasteiger partial charge is 0.303 e. The van der Waals surface area contributed by atoms with E-state index in [-0.39, 0.29) is 38.4 Å². The van der Waals surface area contributed by atoms with Crippen molar-refractivity contribution in [3.63, 3.8) is 0 Å². The van der Waals surface area contributed by atoms with Gasteiger partial charge in [0.15, 0.2) is 0 Å². The lowest BCUT2D eigenvalue weighted by molar-refractivity contribution is -0.138. The minimum atomic E-state index is -0.934. The van der Waals surface area contributed by atoms with Gasteiger partial charge in [-0.1, -0.05) is 42.5 Å². The highest BCUT2D eigenvalue weighted by Gasteiger charge is 2.14. The minimum absolute atomic E-state index is 0.0127. The van der Waals surface area contributed by atoms with Crippen LogP contribution in [-0.4, -0.2) is 34.7 Å². The molecule has 0 aromatic heterocycles. The zero-order valence-electron chi connectivity index (χ0n) is 20.1. The molecule has 3 rings (SSSR count). The number of hydrogen-bond donors (Lipinski definition) is 3. The lowest BCUT2D eigenvalue weighted by atomic mass is 10.0. The van der Waals surface area contributed by atoms with Gasteiger partial charge in [0.05, 0.1) is 6.61 Å². The van der Waals surface area contributed by atoms with E-state index in [1.807, 2.05) is 42.5 Å². The number of carbonyl (C=O) groups excluding carboxylic acids is 1. The number of nitrogens with one attached hydrogen (secondary N) is 1. The number of carboxylic acids is 2. The highest BCUT2D eigenvalue weighted by Crippen LogP contribution is 2.27. The van der Waals surface area contributed by atoms with Gasteiger partial charge in [0.25, 0.3) is 5.91 Å². The van der Waals surface area contributed by atoms with Crippen molar-refractivity contribution in [3.05, 3.63) is 92.6 Å². The van der Waals surface area contributed by atoms with E-state index in [1.165, 1.54) is 0 Å². The predicted octanol–water partition coefficient (Wildman–Crippen LogP) is 5.06. The molecule has 0 heterocycles. The Labute approximate surface area is 228 Å². The number of carboxylic acid groups (broad SMARTS) is 2. The molecule has 0 aliphatic heterocycles. The Kier molecular flexibility index (Phi) is 10.8. The third-order valence-electron chi connectivity index (χ3n) is 5.44. The SMILES string of the molecule is O=C(O)CCCOc1cccc(COc2cc(I)cc(C(=O)NCc3ccccc3)c2)c1CCC(=O)O. The number of carbonyl (C=O) groups is 3. The van der Waals surface area contributed by atoms with Gasteiger partial charge in [-0.15, -0.1) is 0 Å². The van der Waals surface area contributed by atoms with E-state index >= 15 is 0 Å². The van der Waals surface area contributed by atoms with Crippen LogP contribution in [0, 0.1) is 3.57 Å². The zero-order chi connectivity index (χ0) is 26.6. The molecule has 0 aliphatic carbocycles. The predicted molar refractivity (Wildman–Crippen MR) is 146 cm³/mol. The standard InChI is InChI=1S/C28H28INO7/c29-22-14-21(28(35)30-17-19-6-2-1-3-7-19)15-23(16-22)37-18-20-8-4-9-25(24(20)11-12-27(33)34)36-13-5-10-26(31)32/h1-4,6-9,14-16H,5,10-13,17-18H2,(H,30,35)(H,31,32)(H,33,34). The third-order valence-corrected chi connectivity index (χ3v) is 6.06. The summed E-state index contributed by atoms with van der Waals surface area (Å²) < 4.78 is 12.6. The Hall–Kier alpha value is -3.60. The summed E-state index contributed by atoms with van der Waals surface area (Å²) in [6.07, 6.45) is 0.479. The Morgan fingerprint density at radius 3 is 2.35 bits per heavy atom. The molecule has 0 saturated heterocycles. The fourth-order valence-electron chi connectivity index (χ4n) is 3.62. The molecule has 9 heteroatoms. The Morgan fingerprint density at radius 2 is 1.62 bits per heavy atom. The first-order chi connectivity index (χ1) is 17.8. The summed E-state index contributed by atoms with van der Waals surface area (Å²) in [5.41, 5.74) is 2.92. The molecule has 3 aromatic rings. The lowest BCUT2D eigenvalue weighted by Gasteiger charge is -2.16. The molecule has 0 radical (unpaired) electrons. The van der Waals surface area contributed by atoms with Gasteiger partial charge in [-0.05, 0) is 70.8 Å². The summed E-state index contributed by atoms with van der Waals surface area (Å²) in [4.78, 5) is 34.7. The van der Waals surface area contributed by atoms with Gasteiger partial charge in [0, 0.05) is 34.1 Å². The molecule has 0 atom stereocenters. The first-order valence-corrected chi connectivity index (χ1v) is 12.8. The summed E-state index contributed by atoms with van der Waals surface area (Å²) in [5.74, 6) is -1.03. The topological polar surface area (TPSA) is 122 Å². The second-order valence-electron chi connectivity index (χ2n) is 8.27. The Balaban J connectivity index is 1.71. The fourth-order valence-corrected chi connectivity index (χ4v) is 4.26. The van der Waals surface area contributed by atoms with Crippen LogP contribution in [-0.2, 0) is 29.2 Å². The van der Waals surface area contributed by atoms with Crippen molar-refractivity contribution in [2.45, 2.75) is 38.8 Å². The van der Waals surface area contributed by atoms with Crippen molar-refractivity contribution in [3.8, 4) is 11.5 Å². The Bertz CT molecular complexity index is 1230. The molecule has 0 bridgehead atoms. The summed E-state index contributed by atoms with van der Waals surface area (Å²) in [6, 6.07) is 20.3. The molecule has 0 saturated carbocycles. The maximum Gasteiger partial charge on any atom is 0.303 e. The van der Waals surface area contributed by atoms with E-state index in [1.54, 1.807) is 24.3 Å². The molecular weight excluding hydrogens is 589 g/mol. The third kappa shape index (κ3) is 9.41. The monoisotopic (exact) mass is 617 g/mol. The maximum absolute atomic E-state index is 12.7.